The Morgan fingerprint density at radius 1 is 1.04 bits per heavy atom. The predicted octanol–water partition coefficient (Wildman–Crippen LogP) is 5.39. The van der Waals surface area contributed by atoms with Gasteiger partial charge >= 0.3 is 6.18 Å². The van der Waals surface area contributed by atoms with Crippen LogP contribution < -0.4 is 5.32 Å². The summed E-state index contributed by atoms with van der Waals surface area (Å²) in [6.07, 6.45) is -3.49. The second-order valence-electron chi connectivity index (χ2n) is 6.61. The van der Waals surface area contributed by atoms with Crippen LogP contribution in [0.4, 0.5) is 13.2 Å². The third-order valence-electron chi connectivity index (χ3n) is 3.92. The third-order valence-corrected chi connectivity index (χ3v) is 3.92. The van der Waals surface area contributed by atoms with E-state index in [9.17, 15) is 18.0 Å². The van der Waals surface area contributed by atoms with Gasteiger partial charge in [-0.25, -0.2) is 0 Å². The zero-order valence-corrected chi connectivity index (χ0v) is 14.5. The van der Waals surface area contributed by atoms with E-state index in [0.29, 0.717) is 5.92 Å². The van der Waals surface area contributed by atoms with E-state index in [-0.39, 0.29) is 11.6 Å². The fourth-order valence-corrected chi connectivity index (χ4v) is 2.61. The first-order valence-electron chi connectivity index (χ1n) is 8.24. The lowest BCUT2D eigenvalue weighted by atomic mass is 10.00. The molecule has 134 valence electrons. The number of benzene rings is 2. The molecule has 0 aliphatic rings. The summed E-state index contributed by atoms with van der Waals surface area (Å²) in [5.74, 6) is 0.0359. The zero-order valence-electron chi connectivity index (χ0n) is 14.5. The lowest BCUT2D eigenvalue weighted by molar-refractivity contribution is -0.137. The first-order chi connectivity index (χ1) is 11.7. The normalized spacial score (nSPS) is 12.9. The van der Waals surface area contributed by atoms with Crippen LogP contribution in [0.2, 0.25) is 0 Å². The van der Waals surface area contributed by atoms with E-state index >= 15 is 0 Å². The number of nitrogens with one attached hydrogen (secondary N) is 1. The summed E-state index contributed by atoms with van der Waals surface area (Å²) >= 11 is 0. The number of rotatable bonds is 5. The second kappa shape index (κ2) is 7.72. The largest absolute Gasteiger partial charge is 0.416 e. The topological polar surface area (TPSA) is 29.1 Å². The molecule has 0 fully saturated rings. The van der Waals surface area contributed by atoms with Gasteiger partial charge in [0.15, 0.2) is 0 Å². The van der Waals surface area contributed by atoms with Crippen molar-refractivity contribution in [1.82, 2.24) is 5.32 Å². The smallest absolute Gasteiger partial charge is 0.346 e. The molecule has 0 aliphatic heterocycles. The van der Waals surface area contributed by atoms with Gasteiger partial charge in [0.05, 0.1) is 11.6 Å². The summed E-state index contributed by atoms with van der Waals surface area (Å²) in [6.45, 7) is 6.10. The Kier molecular flexibility index (Phi) is 5.88. The molecule has 0 heterocycles. The van der Waals surface area contributed by atoms with Crippen molar-refractivity contribution in [3.05, 3.63) is 70.8 Å². The van der Waals surface area contributed by atoms with E-state index in [0.717, 1.165) is 24.1 Å². The van der Waals surface area contributed by atoms with Crippen molar-refractivity contribution in [3.8, 4) is 0 Å². The Morgan fingerprint density at radius 2 is 1.68 bits per heavy atom. The van der Waals surface area contributed by atoms with Gasteiger partial charge in [0.25, 0.3) is 5.91 Å². The van der Waals surface area contributed by atoms with E-state index in [1.807, 2.05) is 31.2 Å². The molecule has 2 nitrogen and oxygen atoms in total. The van der Waals surface area contributed by atoms with Crippen molar-refractivity contribution in [3.63, 3.8) is 0 Å². The average molecular weight is 349 g/mol. The van der Waals surface area contributed by atoms with Gasteiger partial charge in [-0.05, 0) is 48.6 Å². The summed E-state index contributed by atoms with van der Waals surface area (Å²) < 4.78 is 38.3. The molecular formula is C20H22F3NO. The molecule has 2 aromatic carbocycles. The van der Waals surface area contributed by atoms with Crippen molar-refractivity contribution in [2.24, 2.45) is 5.92 Å². The van der Waals surface area contributed by atoms with Crippen LogP contribution >= 0.6 is 0 Å². The summed E-state index contributed by atoms with van der Waals surface area (Å²) in [5.41, 5.74) is 1.30. The van der Waals surface area contributed by atoms with Crippen LogP contribution in [0.15, 0.2) is 48.5 Å². The Bertz CT molecular complexity index is 720. The molecule has 0 aliphatic carbocycles. The molecule has 0 unspecified atom stereocenters. The number of alkyl halides is 3. The maximum absolute atomic E-state index is 12.8. The molecule has 1 N–H and O–H groups in total. The molecule has 1 atom stereocenters. The fourth-order valence-electron chi connectivity index (χ4n) is 2.61. The predicted molar refractivity (Wildman–Crippen MR) is 92.3 cm³/mol. The van der Waals surface area contributed by atoms with Crippen molar-refractivity contribution >= 4 is 5.91 Å². The van der Waals surface area contributed by atoms with Crippen LogP contribution in [0.25, 0.3) is 0 Å². The molecule has 0 bridgehead atoms. The van der Waals surface area contributed by atoms with Crippen molar-refractivity contribution in [1.29, 1.82) is 0 Å². The highest BCUT2D eigenvalue weighted by atomic mass is 19.4. The maximum atomic E-state index is 12.8. The number of hydrogen-bond donors (Lipinski definition) is 1. The number of carbonyl (C=O) groups excluding carboxylic acids is 1. The Balaban J connectivity index is 2.07. The molecule has 25 heavy (non-hydrogen) atoms. The van der Waals surface area contributed by atoms with Gasteiger partial charge < -0.3 is 5.32 Å². The summed E-state index contributed by atoms with van der Waals surface area (Å²) in [5, 5.41) is 2.75. The Hall–Kier alpha value is -2.30. The van der Waals surface area contributed by atoms with E-state index in [2.05, 4.69) is 19.2 Å². The molecular weight excluding hydrogens is 327 g/mol. The quantitative estimate of drug-likeness (QED) is 0.770. The molecule has 1 amide bonds. The average Bonchev–Trinajstić information content (AvgIpc) is 2.54. The van der Waals surface area contributed by atoms with Gasteiger partial charge in [-0.2, -0.15) is 13.2 Å². The maximum Gasteiger partial charge on any atom is 0.416 e. The van der Waals surface area contributed by atoms with E-state index in [1.165, 1.54) is 17.7 Å². The SMILES string of the molecule is CC(C)Cc1ccc([C@H](C)NC(=O)c2cccc(C(F)(F)F)c2)cc1. The van der Waals surface area contributed by atoms with Gasteiger partial charge in [-0.1, -0.05) is 44.2 Å². The van der Waals surface area contributed by atoms with Gasteiger partial charge in [-0.3, -0.25) is 4.79 Å². The van der Waals surface area contributed by atoms with Gasteiger partial charge in [0.1, 0.15) is 0 Å². The first-order valence-corrected chi connectivity index (χ1v) is 8.24. The molecule has 2 rings (SSSR count). The van der Waals surface area contributed by atoms with E-state index in [4.69, 9.17) is 0 Å². The minimum Gasteiger partial charge on any atom is -0.346 e. The minimum atomic E-state index is -4.46. The van der Waals surface area contributed by atoms with Crippen molar-refractivity contribution < 1.29 is 18.0 Å². The minimum absolute atomic E-state index is 0.00176. The molecule has 0 aromatic heterocycles. The van der Waals surface area contributed by atoms with Crippen LogP contribution in [0.1, 0.15) is 53.9 Å². The summed E-state index contributed by atoms with van der Waals surface area (Å²) in [4.78, 5) is 12.2. The van der Waals surface area contributed by atoms with E-state index in [1.54, 1.807) is 0 Å². The molecule has 2 aromatic rings. The number of carbonyl (C=O) groups is 1. The van der Waals surface area contributed by atoms with Crippen molar-refractivity contribution in [2.45, 2.75) is 39.4 Å². The summed E-state index contributed by atoms with van der Waals surface area (Å²) in [7, 11) is 0. The standard InChI is InChI=1S/C20H22F3NO/c1-13(2)11-15-7-9-16(10-8-15)14(3)24-19(25)17-5-4-6-18(12-17)20(21,22)23/h4-10,12-14H,11H2,1-3H3,(H,24,25)/t14-/m0/s1. The van der Waals surface area contributed by atoms with Crippen LogP contribution in [-0.2, 0) is 12.6 Å². The van der Waals surface area contributed by atoms with Gasteiger partial charge in [-0.15, -0.1) is 0 Å². The Labute approximate surface area is 146 Å². The van der Waals surface area contributed by atoms with Crippen LogP contribution in [0.3, 0.4) is 0 Å². The number of hydrogen-bond acceptors (Lipinski definition) is 1. The fraction of sp³-hybridized carbons (Fsp3) is 0.350. The lowest BCUT2D eigenvalue weighted by Gasteiger charge is -2.16. The number of halogens is 3. The lowest BCUT2D eigenvalue weighted by Crippen LogP contribution is -2.27. The molecule has 0 spiro atoms. The Morgan fingerprint density at radius 3 is 2.24 bits per heavy atom. The first kappa shape index (κ1) is 19.0. The molecule has 0 saturated carbocycles. The van der Waals surface area contributed by atoms with Gasteiger partial charge in [0.2, 0.25) is 0 Å². The molecule has 0 saturated heterocycles. The van der Waals surface area contributed by atoms with Crippen LogP contribution in [0, 0.1) is 5.92 Å². The van der Waals surface area contributed by atoms with E-state index < -0.39 is 17.6 Å². The second-order valence-corrected chi connectivity index (χ2v) is 6.61. The monoisotopic (exact) mass is 349 g/mol. The third kappa shape index (κ3) is 5.34. The van der Waals surface area contributed by atoms with Gasteiger partial charge in [0, 0.05) is 5.56 Å². The van der Waals surface area contributed by atoms with Crippen molar-refractivity contribution in [2.75, 3.05) is 0 Å². The highest BCUT2D eigenvalue weighted by Crippen LogP contribution is 2.29. The highest BCUT2D eigenvalue weighted by molar-refractivity contribution is 5.94. The molecule has 0 radical (unpaired) electrons. The zero-order chi connectivity index (χ0) is 18.6. The number of amides is 1. The summed E-state index contributed by atoms with van der Waals surface area (Å²) in [6, 6.07) is 12.1. The van der Waals surface area contributed by atoms with Crippen LogP contribution in [-0.4, -0.2) is 5.91 Å². The van der Waals surface area contributed by atoms with Crippen LogP contribution in [0.5, 0.6) is 0 Å². The highest BCUT2D eigenvalue weighted by Gasteiger charge is 2.31. The molecule has 5 heteroatoms.